The Labute approximate surface area is 140 Å². The van der Waals surface area contributed by atoms with Gasteiger partial charge in [-0.15, -0.1) is 5.10 Å². The van der Waals surface area contributed by atoms with Gasteiger partial charge >= 0.3 is 0 Å². The normalized spacial score (nSPS) is 10.7. The molecule has 1 aromatic carbocycles. The lowest BCUT2D eigenvalue weighted by Crippen LogP contribution is -2.12. The molecular weight excluding hydrogens is 362 g/mol. The van der Waals surface area contributed by atoms with Crippen LogP contribution in [0.5, 0.6) is 0 Å². The van der Waals surface area contributed by atoms with Crippen LogP contribution in [0.2, 0.25) is 0 Å². The molecule has 2 heterocycles. The SMILES string of the molecule is CCCn1nnc(NC(=O)c2ccc(-c3cccc(Br)c3)o2)n1. The number of furan rings is 1. The van der Waals surface area contributed by atoms with Crippen molar-refractivity contribution in [1.29, 1.82) is 0 Å². The molecule has 1 amide bonds. The van der Waals surface area contributed by atoms with Crippen molar-refractivity contribution in [1.82, 2.24) is 20.2 Å². The predicted octanol–water partition coefficient (Wildman–Crippen LogP) is 3.36. The molecule has 2 aromatic heterocycles. The average molecular weight is 376 g/mol. The van der Waals surface area contributed by atoms with Crippen molar-refractivity contribution in [2.45, 2.75) is 19.9 Å². The van der Waals surface area contributed by atoms with Crippen LogP contribution in [-0.2, 0) is 6.54 Å². The number of benzene rings is 1. The summed E-state index contributed by atoms with van der Waals surface area (Å²) in [5, 5.41) is 14.2. The summed E-state index contributed by atoms with van der Waals surface area (Å²) in [6, 6.07) is 11.0. The van der Waals surface area contributed by atoms with E-state index in [0.717, 1.165) is 16.5 Å². The zero-order valence-corrected chi connectivity index (χ0v) is 13.9. The molecule has 23 heavy (non-hydrogen) atoms. The maximum absolute atomic E-state index is 12.2. The van der Waals surface area contributed by atoms with Crippen molar-refractivity contribution >= 4 is 27.8 Å². The number of anilines is 1. The minimum absolute atomic E-state index is 0.156. The van der Waals surface area contributed by atoms with Crippen LogP contribution in [0.15, 0.2) is 45.3 Å². The molecule has 118 valence electrons. The van der Waals surface area contributed by atoms with E-state index in [4.69, 9.17) is 4.42 Å². The monoisotopic (exact) mass is 375 g/mol. The minimum atomic E-state index is -0.415. The standard InChI is InChI=1S/C15H14BrN5O2/c1-2-8-21-19-15(18-20-21)17-14(22)13-7-6-12(23-13)10-4-3-5-11(16)9-10/h3-7,9H,2,8H2,1H3,(H,17,19,22). The molecule has 0 unspecified atom stereocenters. The summed E-state index contributed by atoms with van der Waals surface area (Å²) < 4.78 is 6.54. The third-order valence-electron chi connectivity index (χ3n) is 3.04. The third-order valence-corrected chi connectivity index (χ3v) is 3.53. The van der Waals surface area contributed by atoms with Crippen molar-refractivity contribution in [3.05, 3.63) is 46.6 Å². The first-order chi connectivity index (χ1) is 11.2. The number of hydrogen-bond donors (Lipinski definition) is 1. The zero-order valence-electron chi connectivity index (χ0n) is 12.4. The lowest BCUT2D eigenvalue weighted by molar-refractivity contribution is 0.0996. The molecule has 0 aliphatic heterocycles. The van der Waals surface area contributed by atoms with Gasteiger partial charge in [-0.25, -0.2) is 0 Å². The van der Waals surface area contributed by atoms with E-state index in [0.29, 0.717) is 12.3 Å². The number of carbonyl (C=O) groups is 1. The molecular formula is C15H14BrN5O2. The van der Waals surface area contributed by atoms with Crippen LogP contribution in [0.4, 0.5) is 5.95 Å². The lowest BCUT2D eigenvalue weighted by atomic mass is 10.2. The van der Waals surface area contributed by atoms with Gasteiger partial charge in [-0.05, 0) is 35.9 Å². The Bertz CT molecular complexity index is 827. The van der Waals surface area contributed by atoms with Gasteiger partial charge in [-0.1, -0.05) is 40.1 Å². The lowest BCUT2D eigenvalue weighted by Gasteiger charge is -1.99. The Balaban J connectivity index is 1.73. The van der Waals surface area contributed by atoms with Crippen molar-refractivity contribution in [2.24, 2.45) is 0 Å². The first-order valence-corrected chi connectivity index (χ1v) is 7.90. The Morgan fingerprint density at radius 2 is 2.22 bits per heavy atom. The van der Waals surface area contributed by atoms with E-state index in [1.54, 1.807) is 12.1 Å². The quantitative estimate of drug-likeness (QED) is 0.738. The fourth-order valence-electron chi connectivity index (χ4n) is 2.01. The second-order valence-electron chi connectivity index (χ2n) is 4.84. The van der Waals surface area contributed by atoms with E-state index in [1.807, 2.05) is 31.2 Å². The third kappa shape index (κ3) is 3.65. The maximum Gasteiger partial charge on any atom is 0.293 e. The maximum atomic E-state index is 12.2. The van der Waals surface area contributed by atoms with Crippen molar-refractivity contribution < 1.29 is 9.21 Å². The van der Waals surface area contributed by atoms with Gasteiger partial charge in [0.2, 0.25) is 0 Å². The number of tetrazole rings is 1. The Morgan fingerprint density at radius 1 is 1.35 bits per heavy atom. The van der Waals surface area contributed by atoms with E-state index >= 15 is 0 Å². The highest BCUT2D eigenvalue weighted by Crippen LogP contribution is 2.25. The molecule has 8 heteroatoms. The summed E-state index contributed by atoms with van der Waals surface area (Å²) in [5.41, 5.74) is 0.880. The topological polar surface area (TPSA) is 85.8 Å². The van der Waals surface area contributed by atoms with Crippen LogP contribution >= 0.6 is 15.9 Å². The molecule has 0 bridgehead atoms. The number of amides is 1. The predicted molar refractivity (Wildman–Crippen MR) is 87.9 cm³/mol. The number of nitrogens with one attached hydrogen (secondary N) is 1. The molecule has 1 N–H and O–H groups in total. The second kappa shape index (κ2) is 6.74. The fraction of sp³-hybridized carbons (Fsp3) is 0.200. The van der Waals surface area contributed by atoms with Gasteiger partial charge in [0.15, 0.2) is 5.76 Å². The van der Waals surface area contributed by atoms with E-state index in [1.165, 1.54) is 4.80 Å². The molecule has 0 spiro atoms. The zero-order chi connectivity index (χ0) is 16.2. The van der Waals surface area contributed by atoms with Gasteiger partial charge in [0, 0.05) is 10.0 Å². The molecule has 0 atom stereocenters. The Morgan fingerprint density at radius 3 is 3.00 bits per heavy atom. The van der Waals surface area contributed by atoms with E-state index in [2.05, 4.69) is 36.7 Å². The van der Waals surface area contributed by atoms with Gasteiger partial charge in [0.1, 0.15) is 5.76 Å². The molecule has 0 aliphatic rings. The largest absolute Gasteiger partial charge is 0.451 e. The van der Waals surface area contributed by atoms with E-state index in [9.17, 15) is 4.79 Å². The fourth-order valence-corrected chi connectivity index (χ4v) is 2.41. The first kappa shape index (κ1) is 15.4. The van der Waals surface area contributed by atoms with Gasteiger partial charge in [0.05, 0.1) is 6.54 Å². The summed E-state index contributed by atoms with van der Waals surface area (Å²) in [6.07, 6.45) is 0.887. The molecule has 0 radical (unpaired) electrons. The van der Waals surface area contributed by atoms with Crippen LogP contribution in [0.1, 0.15) is 23.9 Å². The highest BCUT2D eigenvalue weighted by Gasteiger charge is 2.15. The number of hydrogen-bond acceptors (Lipinski definition) is 5. The Hall–Kier alpha value is -2.48. The summed E-state index contributed by atoms with van der Waals surface area (Å²) in [7, 11) is 0. The number of aryl methyl sites for hydroxylation is 1. The highest BCUT2D eigenvalue weighted by atomic mass is 79.9. The number of halogens is 1. The summed E-state index contributed by atoms with van der Waals surface area (Å²) in [6.45, 7) is 2.66. The summed E-state index contributed by atoms with van der Waals surface area (Å²) in [4.78, 5) is 13.6. The Kier molecular flexibility index (Phi) is 4.52. The highest BCUT2D eigenvalue weighted by molar-refractivity contribution is 9.10. The van der Waals surface area contributed by atoms with E-state index in [-0.39, 0.29) is 11.7 Å². The van der Waals surface area contributed by atoms with Crippen molar-refractivity contribution in [3.63, 3.8) is 0 Å². The molecule has 0 aliphatic carbocycles. The van der Waals surface area contributed by atoms with Crippen LogP contribution in [-0.4, -0.2) is 26.1 Å². The molecule has 0 fully saturated rings. The van der Waals surface area contributed by atoms with Gasteiger partial charge in [0.25, 0.3) is 11.9 Å². The molecule has 3 rings (SSSR count). The van der Waals surface area contributed by atoms with E-state index < -0.39 is 5.91 Å². The second-order valence-corrected chi connectivity index (χ2v) is 5.75. The summed E-state index contributed by atoms with van der Waals surface area (Å²) in [5.74, 6) is 0.539. The number of rotatable bonds is 5. The first-order valence-electron chi connectivity index (χ1n) is 7.10. The van der Waals surface area contributed by atoms with Gasteiger partial charge < -0.3 is 4.42 Å². The van der Waals surface area contributed by atoms with Crippen molar-refractivity contribution in [3.8, 4) is 11.3 Å². The molecule has 0 saturated carbocycles. The van der Waals surface area contributed by atoms with Crippen LogP contribution < -0.4 is 5.32 Å². The smallest absolute Gasteiger partial charge is 0.293 e. The van der Waals surface area contributed by atoms with Gasteiger partial charge in [-0.3, -0.25) is 10.1 Å². The molecule has 3 aromatic rings. The number of carbonyl (C=O) groups excluding carboxylic acids is 1. The van der Waals surface area contributed by atoms with Crippen LogP contribution in [0, 0.1) is 0 Å². The van der Waals surface area contributed by atoms with Crippen LogP contribution in [0.3, 0.4) is 0 Å². The molecule has 7 nitrogen and oxygen atoms in total. The average Bonchev–Trinajstić information content (AvgIpc) is 3.17. The van der Waals surface area contributed by atoms with Crippen molar-refractivity contribution in [2.75, 3.05) is 5.32 Å². The minimum Gasteiger partial charge on any atom is -0.451 e. The van der Waals surface area contributed by atoms with Crippen LogP contribution in [0.25, 0.3) is 11.3 Å². The van der Waals surface area contributed by atoms with Gasteiger partial charge in [-0.2, -0.15) is 4.80 Å². The molecule has 0 saturated heterocycles. The number of nitrogens with zero attached hydrogens (tertiary/aromatic N) is 4. The number of aromatic nitrogens is 4. The summed E-state index contributed by atoms with van der Waals surface area (Å²) >= 11 is 3.41.